The van der Waals surface area contributed by atoms with Crippen LogP contribution in [0, 0.1) is 5.92 Å². The molecule has 1 atom stereocenters. The largest absolute Gasteiger partial charge is 0.418 e. The average Bonchev–Trinajstić information content (AvgIpc) is 2.66. The molecule has 1 saturated heterocycles. The Labute approximate surface area is 190 Å². The second kappa shape index (κ2) is 10.1. The Morgan fingerprint density at radius 2 is 2.00 bits per heavy atom. The molecule has 3 amide bonds. The molecule has 1 saturated carbocycles. The maximum Gasteiger partial charge on any atom is 0.418 e. The fraction of sp³-hybridized carbons (Fsp3) is 0.591. The summed E-state index contributed by atoms with van der Waals surface area (Å²) in [7, 11) is 0. The third-order valence-electron chi connectivity index (χ3n) is 5.83. The van der Waals surface area contributed by atoms with Gasteiger partial charge in [0.2, 0.25) is 5.91 Å². The van der Waals surface area contributed by atoms with E-state index in [4.69, 9.17) is 10.5 Å². The number of nitrogens with zero attached hydrogens (tertiary/aromatic N) is 2. The highest BCUT2D eigenvalue weighted by Gasteiger charge is 2.40. The highest BCUT2D eigenvalue weighted by atomic mass is 19.4. The van der Waals surface area contributed by atoms with Gasteiger partial charge in [0.1, 0.15) is 6.61 Å². The van der Waals surface area contributed by atoms with Gasteiger partial charge < -0.3 is 20.7 Å². The van der Waals surface area contributed by atoms with Crippen LogP contribution in [0.25, 0.3) is 0 Å². The number of benzene rings is 1. The molecule has 0 unspecified atom stereocenters. The highest BCUT2D eigenvalue weighted by Crippen LogP contribution is 2.38. The number of alkyl halides is 3. The molecule has 1 heterocycles. The van der Waals surface area contributed by atoms with Gasteiger partial charge in [0.05, 0.1) is 17.9 Å². The number of primary amides is 1. The van der Waals surface area contributed by atoms with E-state index < -0.39 is 41.2 Å². The first kappa shape index (κ1) is 25.0. The Kier molecular flexibility index (Phi) is 7.63. The Morgan fingerprint density at radius 1 is 1.30 bits per heavy atom. The van der Waals surface area contributed by atoms with Crippen molar-refractivity contribution in [2.75, 3.05) is 36.5 Å². The van der Waals surface area contributed by atoms with Crippen molar-refractivity contribution in [2.24, 2.45) is 11.7 Å². The number of morpholine rings is 1. The topological polar surface area (TPSA) is 105 Å². The SMILES string of the molecule is CC(C)CN(C1CCC1)[C@H](C(N)=O)C(=O)Nc1ccc(N2CCOCC2=O)cc1C(F)(F)F. The molecule has 0 bridgehead atoms. The third kappa shape index (κ3) is 5.83. The smallest absolute Gasteiger partial charge is 0.370 e. The number of carbonyl (C=O) groups is 3. The fourth-order valence-electron chi connectivity index (χ4n) is 4.08. The van der Waals surface area contributed by atoms with Crippen molar-refractivity contribution >= 4 is 29.1 Å². The van der Waals surface area contributed by atoms with Crippen LogP contribution in [0.3, 0.4) is 0 Å². The molecular formula is C22H29F3N4O4. The Bertz CT molecular complexity index is 902. The lowest BCUT2D eigenvalue weighted by Gasteiger charge is -2.41. The van der Waals surface area contributed by atoms with Crippen molar-refractivity contribution in [2.45, 2.75) is 51.4 Å². The molecule has 2 aliphatic rings. The number of hydrogen-bond acceptors (Lipinski definition) is 5. The number of amides is 3. The molecule has 0 spiro atoms. The number of nitrogens with one attached hydrogen (secondary N) is 1. The van der Waals surface area contributed by atoms with E-state index in [-0.39, 0.29) is 37.4 Å². The molecule has 3 rings (SSSR count). The molecule has 0 aromatic heterocycles. The summed E-state index contributed by atoms with van der Waals surface area (Å²) in [4.78, 5) is 40.2. The monoisotopic (exact) mass is 470 g/mol. The van der Waals surface area contributed by atoms with Crippen molar-refractivity contribution in [1.82, 2.24) is 4.90 Å². The molecule has 1 aliphatic heterocycles. The summed E-state index contributed by atoms with van der Waals surface area (Å²) in [5.74, 6) is -2.15. The second-order valence-corrected chi connectivity index (χ2v) is 8.80. The van der Waals surface area contributed by atoms with Crippen molar-refractivity contribution < 1.29 is 32.3 Å². The Morgan fingerprint density at radius 3 is 2.52 bits per heavy atom. The number of ether oxygens (including phenoxy) is 1. The predicted molar refractivity (Wildman–Crippen MR) is 115 cm³/mol. The number of hydrogen-bond donors (Lipinski definition) is 2. The predicted octanol–water partition coefficient (Wildman–Crippen LogP) is 2.37. The minimum Gasteiger partial charge on any atom is -0.370 e. The van der Waals surface area contributed by atoms with Crippen LogP contribution in [0.4, 0.5) is 24.5 Å². The summed E-state index contributed by atoms with van der Waals surface area (Å²) in [6.07, 6.45) is -2.27. The van der Waals surface area contributed by atoms with Gasteiger partial charge in [-0.2, -0.15) is 13.2 Å². The normalized spacial score (nSPS) is 18.4. The van der Waals surface area contributed by atoms with E-state index in [1.807, 2.05) is 13.8 Å². The summed E-state index contributed by atoms with van der Waals surface area (Å²) in [5, 5.41) is 2.27. The van der Waals surface area contributed by atoms with E-state index >= 15 is 0 Å². The summed E-state index contributed by atoms with van der Waals surface area (Å²) >= 11 is 0. The second-order valence-electron chi connectivity index (χ2n) is 8.80. The van der Waals surface area contributed by atoms with Gasteiger partial charge >= 0.3 is 6.18 Å². The van der Waals surface area contributed by atoms with Crippen molar-refractivity contribution in [3.8, 4) is 0 Å². The highest BCUT2D eigenvalue weighted by molar-refractivity contribution is 6.10. The van der Waals surface area contributed by atoms with E-state index in [2.05, 4.69) is 5.32 Å². The zero-order chi connectivity index (χ0) is 24.3. The Hall–Kier alpha value is -2.66. The summed E-state index contributed by atoms with van der Waals surface area (Å²) in [6, 6.07) is 1.82. The van der Waals surface area contributed by atoms with Gasteiger partial charge in [0, 0.05) is 24.8 Å². The zero-order valence-electron chi connectivity index (χ0n) is 18.7. The lowest BCUT2D eigenvalue weighted by molar-refractivity contribution is -0.137. The van der Waals surface area contributed by atoms with Gasteiger partial charge in [-0.25, -0.2) is 0 Å². The maximum atomic E-state index is 13.8. The van der Waals surface area contributed by atoms with E-state index in [1.165, 1.54) is 11.0 Å². The molecule has 2 fully saturated rings. The van der Waals surface area contributed by atoms with Crippen molar-refractivity contribution in [3.05, 3.63) is 23.8 Å². The lowest BCUT2D eigenvalue weighted by Crippen LogP contribution is -2.58. The first-order valence-corrected chi connectivity index (χ1v) is 10.9. The van der Waals surface area contributed by atoms with Crippen LogP contribution < -0.4 is 16.0 Å². The molecule has 1 aliphatic carbocycles. The summed E-state index contributed by atoms with van der Waals surface area (Å²) in [6.45, 7) is 4.38. The quantitative estimate of drug-likeness (QED) is 0.568. The van der Waals surface area contributed by atoms with Crippen LogP contribution in [0.2, 0.25) is 0 Å². The van der Waals surface area contributed by atoms with E-state index in [0.29, 0.717) is 6.54 Å². The number of anilines is 2. The number of carbonyl (C=O) groups excluding carboxylic acids is 3. The van der Waals surface area contributed by atoms with Gasteiger partial charge in [-0.05, 0) is 37.0 Å². The molecule has 0 radical (unpaired) electrons. The lowest BCUT2D eigenvalue weighted by atomic mass is 9.89. The molecule has 1 aromatic rings. The third-order valence-corrected chi connectivity index (χ3v) is 5.83. The first-order valence-electron chi connectivity index (χ1n) is 10.9. The number of rotatable bonds is 8. The molecule has 182 valence electrons. The maximum absolute atomic E-state index is 13.8. The van der Waals surface area contributed by atoms with Crippen molar-refractivity contribution in [3.63, 3.8) is 0 Å². The van der Waals surface area contributed by atoms with Crippen LogP contribution in [0.5, 0.6) is 0 Å². The van der Waals surface area contributed by atoms with Gasteiger partial charge in [-0.1, -0.05) is 20.3 Å². The van der Waals surface area contributed by atoms with Crippen molar-refractivity contribution in [1.29, 1.82) is 0 Å². The Balaban J connectivity index is 1.90. The van der Waals surface area contributed by atoms with Crippen LogP contribution in [-0.2, 0) is 25.3 Å². The number of nitrogens with two attached hydrogens (primary N) is 1. The minimum atomic E-state index is -4.80. The van der Waals surface area contributed by atoms with Crippen LogP contribution in [0.1, 0.15) is 38.7 Å². The molecule has 3 N–H and O–H groups in total. The van der Waals surface area contributed by atoms with Crippen LogP contribution in [0.15, 0.2) is 18.2 Å². The van der Waals surface area contributed by atoms with Gasteiger partial charge in [-0.15, -0.1) is 0 Å². The first-order chi connectivity index (χ1) is 15.5. The van der Waals surface area contributed by atoms with Crippen LogP contribution in [-0.4, -0.2) is 61.0 Å². The zero-order valence-corrected chi connectivity index (χ0v) is 18.7. The molecule has 33 heavy (non-hydrogen) atoms. The average molecular weight is 470 g/mol. The molecule has 8 nitrogen and oxygen atoms in total. The van der Waals surface area contributed by atoms with Crippen LogP contribution >= 0.6 is 0 Å². The van der Waals surface area contributed by atoms with Gasteiger partial charge in [-0.3, -0.25) is 19.3 Å². The molecule has 11 heteroatoms. The molecule has 1 aromatic carbocycles. The van der Waals surface area contributed by atoms with Gasteiger partial charge in [0.15, 0.2) is 6.04 Å². The number of halogens is 3. The summed E-state index contributed by atoms with van der Waals surface area (Å²) in [5.41, 5.74) is 3.96. The fourth-order valence-corrected chi connectivity index (χ4v) is 4.08. The van der Waals surface area contributed by atoms with E-state index in [0.717, 1.165) is 31.4 Å². The minimum absolute atomic E-state index is 0.0209. The van der Waals surface area contributed by atoms with E-state index in [1.54, 1.807) is 4.90 Å². The summed E-state index contributed by atoms with van der Waals surface area (Å²) < 4.78 is 46.6. The standard InChI is InChI=1S/C22H29F3N4O4/c1-13(2)11-29(14-4-3-5-14)19(20(26)31)21(32)27-17-7-6-15(10-16(17)22(23,24)25)28-8-9-33-12-18(28)30/h6-7,10,13-14,19H,3-5,8-9,11-12H2,1-2H3,(H2,26,31)(H,27,32)/t19-/m1/s1. The van der Waals surface area contributed by atoms with E-state index in [9.17, 15) is 27.6 Å². The molecular weight excluding hydrogens is 441 g/mol. The van der Waals surface area contributed by atoms with Gasteiger partial charge in [0.25, 0.3) is 11.8 Å².